The predicted octanol–water partition coefficient (Wildman–Crippen LogP) is 4.97. The third-order valence-electron chi connectivity index (χ3n) is 5.25. The van der Waals surface area contributed by atoms with Gasteiger partial charge in [0.25, 0.3) is 5.91 Å². The van der Waals surface area contributed by atoms with E-state index >= 15 is 0 Å². The molecular formula is C26H21IN2O5. The van der Waals surface area contributed by atoms with E-state index in [1.807, 2.05) is 37.3 Å². The lowest BCUT2D eigenvalue weighted by Crippen LogP contribution is -2.30. The lowest BCUT2D eigenvalue weighted by molar-refractivity contribution is -0.123. The van der Waals surface area contributed by atoms with Gasteiger partial charge in [0.1, 0.15) is 18.1 Å². The number of carboxylic acid groups (broad SMARTS) is 1. The van der Waals surface area contributed by atoms with Gasteiger partial charge in [-0.05, 0) is 76.5 Å². The highest BCUT2D eigenvalue weighted by molar-refractivity contribution is 14.1. The van der Waals surface area contributed by atoms with E-state index in [1.54, 1.807) is 30.3 Å². The number of aryl methyl sites for hydroxylation is 1. The standard InChI is InChI=1S/C26H21IN2O5/c1-16-3-2-4-19(11-16)14-29-24(30)22(28-26(29)33)13-18-7-10-23(21(27)12-18)34-15-17-5-8-20(9-6-17)25(31)32/h2-13H,14-15H2,1H3,(H,28,33)(H,31,32)/b22-13+. The van der Waals surface area contributed by atoms with Gasteiger partial charge in [0.2, 0.25) is 0 Å². The van der Waals surface area contributed by atoms with Gasteiger partial charge in [-0.25, -0.2) is 9.59 Å². The van der Waals surface area contributed by atoms with Crippen molar-refractivity contribution in [1.82, 2.24) is 10.2 Å². The number of carboxylic acids is 1. The molecule has 0 aliphatic carbocycles. The Balaban J connectivity index is 1.43. The minimum absolute atomic E-state index is 0.210. The molecule has 0 unspecified atom stereocenters. The molecule has 1 aliphatic heterocycles. The maximum atomic E-state index is 12.8. The first kappa shape index (κ1) is 23.5. The summed E-state index contributed by atoms with van der Waals surface area (Å²) in [5.41, 5.74) is 4.00. The summed E-state index contributed by atoms with van der Waals surface area (Å²) >= 11 is 2.15. The van der Waals surface area contributed by atoms with Gasteiger partial charge in [-0.2, -0.15) is 0 Å². The van der Waals surface area contributed by atoms with Crippen LogP contribution in [0, 0.1) is 10.5 Å². The molecule has 172 valence electrons. The van der Waals surface area contributed by atoms with Gasteiger partial charge in [0.15, 0.2) is 0 Å². The number of hydrogen-bond acceptors (Lipinski definition) is 4. The van der Waals surface area contributed by atoms with Crippen LogP contribution in [0.4, 0.5) is 4.79 Å². The summed E-state index contributed by atoms with van der Waals surface area (Å²) in [4.78, 5) is 37.3. The summed E-state index contributed by atoms with van der Waals surface area (Å²) in [6, 6.07) is 19.2. The van der Waals surface area contributed by atoms with Crippen LogP contribution in [0.3, 0.4) is 0 Å². The minimum atomic E-state index is -0.970. The lowest BCUT2D eigenvalue weighted by atomic mass is 10.1. The first-order chi connectivity index (χ1) is 16.3. The molecule has 0 aromatic heterocycles. The summed E-state index contributed by atoms with van der Waals surface area (Å²) in [6.07, 6.45) is 1.65. The van der Waals surface area contributed by atoms with Crippen molar-refractivity contribution in [2.75, 3.05) is 0 Å². The summed E-state index contributed by atoms with van der Waals surface area (Å²) < 4.78 is 6.69. The van der Waals surface area contributed by atoms with E-state index in [4.69, 9.17) is 9.84 Å². The molecular weight excluding hydrogens is 547 g/mol. The van der Waals surface area contributed by atoms with Crippen molar-refractivity contribution >= 4 is 46.6 Å². The fraction of sp³-hybridized carbons (Fsp3) is 0.115. The number of urea groups is 1. The van der Waals surface area contributed by atoms with Crippen LogP contribution in [0.15, 0.2) is 72.4 Å². The number of rotatable bonds is 7. The second-order valence-electron chi connectivity index (χ2n) is 7.85. The van der Waals surface area contributed by atoms with Gasteiger partial charge in [0.05, 0.1) is 15.7 Å². The molecule has 1 heterocycles. The van der Waals surface area contributed by atoms with Crippen LogP contribution >= 0.6 is 22.6 Å². The van der Waals surface area contributed by atoms with Crippen molar-refractivity contribution < 1.29 is 24.2 Å². The molecule has 8 heteroatoms. The number of amides is 3. The Morgan fingerprint density at radius 1 is 1.06 bits per heavy atom. The molecule has 1 fully saturated rings. The van der Waals surface area contributed by atoms with E-state index in [1.165, 1.54) is 17.0 Å². The average molecular weight is 568 g/mol. The molecule has 3 amide bonds. The fourth-order valence-electron chi connectivity index (χ4n) is 3.50. The Kier molecular flexibility index (Phi) is 6.97. The third kappa shape index (κ3) is 5.45. The van der Waals surface area contributed by atoms with Crippen molar-refractivity contribution in [1.29, 1.82) is 0 Å². The maximum Gasteiger partial charge on any atom is 0.335 e. The topological polar surface area (TPSA) is 95.9 Å². The van der Waals surface area contributed by atoms with E-state index in [0.29, 0.717) is 12.4 Å². The number of hydrogen-bond donors (Lipinski definition) is 2. The van der Waals surface area contributed by atoms with Gasteiger partial charge in [0, 0.05) is 0 Å². The molecule has 0 atom stereocenters. The molecule has 7 nitrogen and oxygen atoms in total. The Labute approximate surface area is 210 Å². The van der Waals surface area contributed by atoms with Gasteiger partial charge in [-0.15, -0.1) is 0 Å². The summed E-state index contributed by atoms with van der Waals surface area (Å²) in [5, 5.41) is 11.6. The molecule has 0 saturated carbocycles. The number of carbonyl (C=O) groups excluding carboxylic acids is 2. The van der Waals surface area contributed by atoms with Gasteiger partial charge in [-0.3, -0.25) is 9.69 Å². The number of imide groups is 1. The number of carbonyl (C=O) groups is 3. The molecule has 0 spiro atoms. The SMILES string of the molecule is Cc1cccc(CN2C(=O)N/C(=C/c3ccc(OCc4ccc(C(=O)O)cc4)c(I)c3)C2=O)c1. The smallest absolute Gasteiger partial charge is 0.335 e. The highest BCUT2D eigenvalue weighted by Crippen LogP contribution is 2.25. The maximum absolute atomic E-state index is 12.8. The van der Waals surface area contributed by atoms with Gasteiger partial charge < -0.3 is 15.2 Å². The number of benzene rings is 3. The summed E-state index contributed by atoms with van der Waals surface area (Å²) in [7, 11) is 0. The molecule has 0 radical (unpaired) electrons. The Morgan fingerprint density at radius 3 is 2.50 bits per heavy atom. The van der Waals surface area contributed by atoms with Crippen LogP contribution in [0.25, 0.3) is 6.08 Å². The molecule has 1 saturated heterocycles. The fourth-order valence-corrected chi connectivity index (χ4v) is 4.20. The lowest BCUT2D eigenvalue weighted by Gasteiger charge is -2.12. The minimum Gasteiger partial charge on any atom is -0.488 e. The Hall–Kier alpha value is -3.66. The van der Waals surface area contributed by atoms with Crippen LogP contribution in [0.5, 0.6) is 5.75 Å². The van der Waals surface area contributed by atoms with E-state index in [9.17, 15) is 14.4 Å². The molecule has 2 N–H and O–H groups in total. The molecule has 3 aromatic rings. The van der Waals surface area contributed by atoms with E-state index in [-0.39, 0.29) is 23.7 Å². The Bertz CT molecular complexity index is 1300. The molecule has 1 aliphatic rings. The van der Waals surface area contributed by atoms with E-state index in [0.717, 1.165) is 25.8 Å². The Morgan fingerprint density at radius 2 is 1.82 bits per heavy atom. The van der Waals surface area contributed by atoms with Crippen molar-refractivity contribution in [3.63, 3.8) is 0 Å². The number of nitrogens with zero attached hydrogens (tertiary/aromatic N) is 1. The highest BCUT2D eigenvalue weighted by atomic mass is 127. The predicted molar refractivity (Wildman–Crippen MR) is 135 cm³/mol. The number of ether oxygens (including phenoxy) is 1. The molecule has 3 aromatic carbocycles. The first-order valence-corrected chi connectivity index (χ1v) is 11.5. The largest absolute Gasteiger partial charge is 0.488 e. The summed E-state index contributed by atoms with van der Waals surface area (Å²) in [5.74, 6) is -0.679. The molecule has 34 heavy (non-hydrogen) atoms. The van der Waals surface area contributed by atoms with Crippen molar-refractivity contribution in [2.24, 2.45) is 0 Å². The zero-order valence-electron chi connectivity index (χ0n) is 18.2. The summed E-state index contributed by atoms with van der Waals surface area (Å²) in [6.45, 7) is 2.46. The van der Waals surface area contributed by atoms with Crippen LogP contribution in [-0.4, -0.2) is 27.9 Å². The van der Waals surface area contributed by atoms with Crippen molar-refractivity contribution in [2.45, 2.75) is 20.1 Å². The van der Waals surface area contributed by atoms with Gasteiger partial charge >= 0.3 is 12.0 Å². The number of halogens is 1. The van der Waals surface area contributed by atoms with E-state index in [2.05, 4.69) is 27.9 Å². The van der Waals surface area contributed by atoms with Crippen LogP contribution < -0.4 is 10.1 Å². The van der Waals surface area contributed by atoms with E-state index < -0.39 is 12.0 Å². The van der Waals surface area contributed by atoms with Gasteiger partial charge in [-0.1, -0.05) is 48.0 Å². The zero-order chi connectivity index (χ0) is 24.2. The number of nitrogens with one attached hydrogen (secondary N) is 1. The highest BCUT2D eigenvalue weighted by Gasteiger charge is 2.33. The average Bonchev–Trinajstić information content (AvgIpc) is 3.06. The monoisotopic (exact) mass is 568 g/mol. The third-order valence-corrected chi connectivity index (χ3v) is 6.09. The molecule has 0 bridgehead atoms. The quantitative estimate of drug-likeness (QED) is 0.239. The first-order valence-electron chi connectivity index (χ1n) is 10.4. The van der Waals surface area contributed by atoms with Crippen LogP contribution in [-0.2, 0) is 17.9 Å². The van der Waals surface area contributed by atoms with Crippen LogP contribution in [0.2, 0.25) is 0 Å². The van der Waals surface area contributed by atoms with Crippen molar-refractivity contribution in [3.05, 3.63) is 104 Å². The second kappa shape index (κ2) is 10.1. The second-order valence-corrected chi connectivity index (χ2v) is 9.01. The zero-order valence-corrected chi connectivity index (χ0v) is 20.4. The number of aromatic carboxylic acids is 1. The van der Waals surface area contributed by atoms with Crippen molar-refractivity contribution in [3.8, 4) is 5.75 Å². The normalized spacial score (nSPS) is 14.4. The molecule has 4 rings (SSSR count). The van der Waals surface area contributed by atoms with Crippen LogP contribution in [0.1, 0.15) is 32.6 Å².